The average molecular weight is 578 g/mol. The van der Waals surface area contributed by atoms with Crippen LogP contribution in [0.3, 0.4) is 0 Å². The van der Waals surface area contributed by atoms with Crippen LogP contribution < -0.4 is 0 Å². The summed E-state index contributed by atoms with van der Waals surface area (Å²) < 4.78 is 0. The minimum Gasteiger partial charge on any atom is -0.208 e. The molecule has 0 spiro atoms. The summed E-state index contributed by atoms with van der Waals surface area (Å²) in [5, 5.41) is 0. The van der Waals surface area contributed by atoms with Crippen molar-refractivity contribution in [3.8, 4) is 67.5 Å². The van der Waals surface area contributed by atoms with Crippen molar-refractivity contribution >= 4 is 0 Å². The molecule has 1 aliphatic carbocycles. The Balaban J connectivity index is 1.22. The second-order valence-electron chi connectivity index (χ2n) is 12.1. The second kappa shape index (κ2) is 10.8. The predicted octanol–water partition coefficient (Wildman–Crippen LogP) is 10.5. The highest BCUT2D eigenvalue weighted by molar-refractivity contribution is 5.85. The molecule has 0 aliphatic heterocycles. The molecule has 1 heterocycles. The SMILES string of the molecule is CC1(C)c2cc(-c3ccccc3)ccc2-c2ccc(-c3nc(-c4ccccc4)nc(-c4ccc(-c5ccccc5)cc4)n3)cc21. The van der Waals surface area contributed by atoms with E-state index in [9.17, 15) is 0 Å². The number of aromatic nitrogens is 3. The molecule has 7 aromatic rings. The molecule has 214 valence electrons. The highest BCUT2D eigenvalue weighted by atomic mass is 15.0. The van der Waals surface area contributed by atoms with Gasteiger partial charge in [-0.25, -0.2) is 15.0 Å². The van der Waals surface area contributed by atoms with Gasteiger partial charge < -0.3 is 0 Å². The Kier molecular flexibility index (Phi) is 6.46. The first kappa shape index (κ1) is 26.9. The molecular weight excluding hydrogens is 546 g/mol. The molecule has 1 aromatic heterocycles. The summed E-state index contributed by atoms with van der Waals surface area (Å²) in [6.45, 7) is 4.64. The summed E-state index contributed by atoms with van der Waals surface area (Å²) >= 11 is 0. The van der Waals surface area contributed by atoms with Crippen LogP contribution in [0.15, 0.2) is 152 Å². The quantitative estimate of drug-likeness (QED) is 0.204. The van der Waals surface area contributed by atoms with Gasteiger partial charge in [0.1, 0.15) is 0 Å². The normalized spacial score (nSPS) is 12.8. The van der Waals surface area contributed by atoms with E-state index in [1.165, 1.54) is 38.9 Å². The molecule has 8 rings (SSSR count). The third-order valence-corrected chi connectivity index (χ3v) is 8.96. The van der Waals surface area contributed by atoms with Crippen molar-refractivity contribution < 1.29 is 0 Å². The summed E-state index contributed by atoms with van der Waals surface area (Å²) in [5.74, 6) is 2.00. The van der Waals surface area contributed by atoms with Crippen LogP contribution in [-0.2, 0) is 5.41 Å². The number of fused-ring (bicyclic) bond motifs is 3. The third kappa shape index (κ3) is 4.83. The number of nitrogens with zero attached hydrogens (tertiary/aromatic N) is 3. The monoisotopic (exact) mass is 577 g/mol. The molecule has 3 nitrogen and oxygen atoms in total. The fourth-order valence-electron chi connectivity index (χ4n) is 6.48. The van der Waals surface area contributed by atoms with E-state index >= 15 is 0 Å². The number of rotatable bonds is 5. The Bertz CT molecular complexity index is 2150. The van der Waals surface area contributed by atoms with Crippen LogP contribution in [0.25, 0.3) is 67.5 Å². The minimum absolute atomic E-state index is 0.170. The fraction of sp³-hybridized carbons (Fsp3) is 0.0714. The largest absolute Gasteiger partial charge is 0.208 e. The highest BCUT2D eigenvalue weighted by Gasteiger charge is 2.36. The molecule has 0 atom stereocenters. The van der Waals surface area contributed by atoms with E-state index in [4.69, 9.17) is 15.0 Å². The van der Waals surface area contributed by atoms with Crippen LogP contribution >= 0.6 is 0 Å². The Morgan fingerprint density at radius 1 is 0.333 bits per heavy atom. The van der Waals surface area contributed by atoms with Gasteiger partial charge in [0.25, 0.3) is 0 Å². The zero-order valence-corrected chi connectivity index (χ0v) is 25.3. The summed E-state index contributed by atoms with van der Waals surface area (Å²) in [5.41, 5.74) is 12.7. The molecule has 3 heteroatoms. The molecular formula is C42H31N3. The maximum Gasteiger partial charge on any atom is 0.164 e. The zero-order valence-electron chi connectivity index (χ0n) is 25.3. The Hall–Kier alpha value is -5.67. The van der Waals surface area contributed by atoms with Gasteiger partial charge in [0.15, 0.2) is 17.5 Å². The standard InChI is InChI=1S/C42H31N3/c1-42(2)37-26-33(29-14-8-4-9-15-29)22-24-35(37)36-25-23-34(27-38(36)42)41-44-39(31-16-10-5-11-17-31)43-40(45-41)32-20-18-30(19-21-32)28-12-6-3-7-13-28/h3-27H,1-2H3. The average Bonchev–Trinajstić information content (AvgIpc) is 3.34. The number of benzene rings is 6. The molecule has 0 unspecified atom stereocenters. The van der Waals surface area contributed by atoms with E-state index in [1.807, 2.05) is 36.4 Å². The van der Waals surface area contributed by atoms with E-state index in [0.717, 1.165) is 22.3 Å². The van der Waals surface area contributed by atoms with E-state index in [0.29, 0.717) is 17.5 Å². The van der Waals surface area contributed by atoms with Crippen molar-refractivity contribution in [3.05, 3.63) is 163 Å². The Labute approximate surface area is 264 Å². The van der Waals surface area contributed by atoms with Gasteiger partial charge in [-0.05, 0) is 56.6 Å². The van der Waals surface area contributed by atoms with Gasteiger partial charge in [-0.2, -0.15) is 0 Å². The Morgan fingerprint density at radius 2 is 0.667 bits per heavy atom. The van der Waals surface area contributed by atoms with Crippen LogP contribution in [0, 0.1) is 0 Å². The second-order valence-corrected chi connectivity index (χ2v) is 12.1. The van der Waals surface area contributed by atoms with Gasteiger partial charge in [0, 0.05) is 22.1 Å². The predicted molar refractivity (Wildman–Crippen MR) is 185 cm³/mol. The van der Waals surface area contributed by atoms with Gasteiger partial charge in [0.2, 0.25) is 0 Å². The van der Waals surface area contributed by atoms with Crippen LogP contribution in [0.1, 0.15) is 25.0 Å². The third-order valence-electron chi connectivity index (χ3n) is 8.96. The van der Waals surface area contributed by atoms with Gasteiger partial charge in [0.05, 0.1) is 0 Å². The summed E-state index contributed by atoms with van der Waals surface area (Å²) in [6.07, 6.45) is 0. The van der Waals surface area contributed by atoms with Gasteiger partial charge in [-0.1, -0.05) is 153 Å². The van der Waals surface area contributed by atoms with Crippen molar-refractivity contribution in [2.45, 2.75) is 19.3 Å². The minimum atomic E-state index is -0.170. The summed E-state index contributed by atoms with van der Waals surface area (Å²) in [4.78, 5) is 15.0. The topological polar surface area (TPSA) is 38.7 Å². The summed E-state index contributed by atoms with van der Waals surface area (Å²) in [6, 6.07) is 53.2. The molecule has 0 saturated carbocycles. The van der Waals surface area contributed by atoms with Crippen molar-refractivity contribution in [1.82, 2.24) is 15.0 Å². The van der Waals surface area contributed by atoms with Crippen molar-refractivity contribution in [2.24, 2.45) is 0 Å². The number of hydrogen-bond donors (Lipinski definition) is 0. The van der Waals surface area contributed by atoms with Crippen LogP contribution in [0.4, 0.5) is 0 Å². The zero-order chi connectivity index (χ0) is 30.4. The van der Waals surface area contributed by atoms with Crippen LogP contribution in [0.2, 0.25) is 0 Å². The van der Waals surface area contributed by atoms with Crippen molar-refractivity contribution in [1.29, 1.82) is 0 Å². The fourth-order valence-corrected chi connectivity index (χ4v) is 6.48. The molecule has 0 N–H and O–H groups in total. The lowest BCUT2D eigenvalue weighted by Crippen LogP contribution is -2.15. The maximum atomic E-state index is 5.06. The first-order chi connectivity index (χ1) is 22.0. The van der Waals surface area contributed by atoms with Gasteiger partial charge in [-0.3, -0.25) is 0 Å². The highest BCUT2D eigenvalue weighted by Crippen LogP contribution is 2.50. The lowest BCUT2D eigenvalue weighted by atomic mass is 9.81. The Morgan fingerprint density at radius 3 is 1.20 bits per heavy atom. The summed E-state index contributed by atoms with van der Waals surface area (Å²) in [7, 11) is 0. The molecule has 0 amide bonds. The molecule has 1 aliphatic rings. The molecule has 6 aromatic carbocycles. The maximum absolute atomic E-state index is 5.06. The smallest absolute Gasteiger partial charge is 0.164 e. The van der Waals surface area contributed by atoms with Crippen molar-refractivity contribution in [2.75, 3.05) is 0 Å². The van der Waals surface area contributed by atoms with Crippen LogP contribution in [-0.4, -0.2) is 15.0 Å². The first-order valence-electron chi connectivity index (χ1n) is 15.4. The lowest BCUT2D eigenvalue weighted by Gasteiger charge is -2.22. The van der Waals surface area contributed by atoms with Crippen LogP contribution in [0.5, 0.6) is 0 Å². The number of hydrogen-bond acceptors (Lipinski definition) is 3. The molecule has 0 fully saturated rings. The first-order valence-corrected chi connectivity index (χ1v) is 15.4. The van der Waals surface area contributed by atoms with Gasteiger partial charge >= 0.3 is 0 Å². The van der Waals surface area contributed by atoms with E-state index in [2.05, 4.69) is 129 Å². The van der Waals surface area contributed by atoms with E-state index in [-0.39, 0.29) is 5.41 Å². The molecule has 0 saturated heterocycles. The molecule has 45 heavy (non-hydrogen) atoms. The van der Waals surface area contributed by atoms with Crippen molar-refractivity contribution in [3.63, 3.8) is 0 Å². The van der Waals surface area contributed by atoms with E-state index < -0.39 is 0 Å². The molecule has 0 radical (unpaired) electrons. The van der Waals surface area contributed by atoms with Gasteiger partial charge in [-0.15, -0.1) is 0 Å². The lowest BCUT2D eigenvalue weighted by molar-refractivity contribution is 0.661. The molecule has 0 bridgehead atoms. The van der Waals surface area contributed by atoms with E-state index in [1.54, 1.807) is 0 Å².